The first-order valence-corrected chi connectivity index (χ1v) is 9.86. The topological polar surface area (TPSA) is 77.2 Å². The molecule has 2 aromatic carbocycles. The lowest BCUT2D eigenvalue weighted by atomic mass is 10.1. The fourth-order valence-electron chi connectivity index (χ4n) is 3.06. The van der Waals surface area contributed by atoms with E-state index in [-0.39, 0.29) is 11.7 Å². The summed E-state index contributed by atoms with van der Waals surface area (Å²) in [5.41, 5.74) is 7.60. The lowest BCUT2D eigenvalue weighted by Gasteiger charge is -2.12. The summed E-state index contributed by atoms with van der Waals surface area (Å²) in [4.78, 5) is 19.0. The zero-order chi connectivity index (χ0) is 20.4. The lowest BCUT2D eigenvalue weighted by molar-refractivity contribution is 0.102. The van der Waals surface area contributed by atoms with Gasteiger partial charge in [0.15, 0.2) is 0 Å². The largest absolute Gasteiger partial charge is 0.492 e. The number of amides is 1. The number of fused-ring (bicyclic) bond motifs is 1. The molecule has 0 bridgehead atoms. The normalized spacial score (nSPS) is 10.8. The van der Waals surface area contributed by atoms with E-state index in [1.807, 2.05) is 19.1 Å². The maximum atomic E-state index is 13.4. The molecule has 0 atom stereocenters. The molecule has 0 unspecified atom stereocenters. The van der Waals surface area contributed by atoms with Crippen molar-refractivity contribution in [1.29, 1.82) is 0 Å². The summed E-state index contributed by atoms with van der Waals surface area (Å²) in [6, 6.07) is 16.7. The highest BCUT2D eigenvalue weighted by Gasteiger charge is 2.22. The highest BCUT2D eigenvalue weighted by atomic mass is 32.1. The maximum Gasteiger partial charge on any atom is 0.257 e. The third kappa shape index (κ3) is 3.77. The van der Waals surface area contributed by atoms with Crippen molar-refractivity contribution in [2.24, 2.45) is 0 Å². The first-order chi connectivity index (χ1) is 14.1. The molecule has 1 amide bonds. The molecule has 2 aromatic heterocycles. The van der Waals surface area contributed by atoms with Crippen molar-refractivity contribution < 1.29 is 13.9 Å². The average Bonchev–Trinajstić information content (AvgIpc) is 3.08. The van der Waals surface area contributed by atoms with Crippen LogP contribution in [0.15, 0.2) is 60.7 Å². The number of rotatable bonds is 5. The van der Waals surface area contributed by atoms with Crippen LogP contribution in [0.5, 0.6) is 5.75 Å². The molecule has 4 rings (SSSR count). The summed E-state index contributed by atoms with van der Waals surface area (Å²) in [5, 5.41) is 3.63. The van der Waals surface area contributed by atoms with Gasteiger partial charge >= 0.3 is 0 Å². The van der Waals surface area contributed by atoms with Gasteiger partial charge in [0.2, 0.25) is 0 Å². The number of carbonyl (C=O) groups is 1. The Morgan fingerprint density at radius 2 is 1.90 bits per heavy atom. The fourth-order valence-corrected chi connectivity index (χ4v) is 4.24. The molecule has 0 saturated carbocycles. The summed E-state index contributed by atoms with van der Waals surface area (Å²) in [5.74, 6) is 0.329. The monoisotopic (exact) mass is 407 g/mol. The molecule has 0 radical (unpaired) electrons. The summed E-state index contributed by atoms with van der Waals surface area (Å²) in [6.07, 6.45) is 0. The number of nitrogens with one attached hydrogen (secondary N) is 1. The van der Waals surface area contributed by atoms with E-state index in [4.69, 9.17) is 10.5 Å². The predicted molar refractivity (Wildman–Crippen MR) is 115 cm³/mol. The zero-order valence-electron chi connectivity index (χ0n) is 15.6. The molecule has 0 saturated heterocycles. The Kier molecular flexibility index (Phi) is 5.14. The summed E-state index contributed by atoms with van der Waals surface area (Å²) in [6.45, 7) is 2.37. The van der Waals surface area contributed by atoms with E-state index in [2.05, 4.69) is 10.3 Å². The first-order valence-electron chi connectivity index (χ1n) is 9.05. The number of benzene rings is 2. The van der Waals surface area contributed by atoms with Crippen molar-refractivity contribution >= 4 is 39.0 Å². The van der Waals surface area contributed by atoms with E-state index >= 15 is 0 Å². The molecule has 3 N–H and O–H groups in total. The quantitative estimate of drug-likeness (QED) is 0.468. The number of pyridine rings is 1. The predicted octanol–water partition coefficient (Wildman–Crippen LogP) is 5.34. The molecule has 0 aliphatic rings. The number of anilines is 2. The molecule has 5 nitrogen and oxygen atoms in total. The van der Waals surface area contributed by atoms with Crippen LogP contribution in [0.4, 0.5) is 15.9 Å². The fraction of sp³-hybridized carbons (Fsp3) is 0.0909. The van der Waals surface area contributed by atoms with Gasteiger partial charge in [-0.1, -0.05) is 24.3 Å². The van der Waals surface area contributed by atoms with Crippen molar-refractivity contribution in [2.45, 2.75) is 6.92 Å². The highest BCUT2D eigenvalue weighted by molar-refractivity contribution is 7.22. The van der Waals surface area contributed by atoms with Crippen LogP contribution in [-0.4, -0.2) is 17.5 Å². The molecular formula is C22H18FN3O2S. The summed E-state index contributed by atoms with van der Waals surface area (Å²) >= 11 is 1.34. The second kappa shape index (κ2) is 7.89. The number of para-hydroxylation sites is 2. The van der Waals surface area contributed by atoms with Gasteiger partial charge in [-0.3, -0.25) is 4.79 Å². The minimum absolute atomic E-state index is 0.297. The van der Waals surface area contributed by atoms with E-state index < -0.39 is 0 Å². The molecular weight excluding hydrogens is 389 g/mol. The van der Waals surface area contributed by atoms with E-state index in [1.54, 1.807) is 36.4 Å². The van der Waals surface area contributed by atoms with Gasteiger partial charge in [0.05, 0.1) is 17.9 Å². The lowest BCUT2D eigenvalue weighted by Crippen LogP contribution is -2.13. The van der Waals surface area contributed by atoms with Crippen LogP contribution in [0.2, 0.25) is 0 Å². The maximum absolute atomic E-state index is 13.4. The van der Waals surface area contributed by atoms with Crippen LogP contribution in [0, 0.1) is 5.82 Å². The summed E-state index contributed by atoms with van der Waals surface area (Å²) < 4.78 is 19.0. The Morgan fingerprint density at radius 3 is 2.66 bits per heavy atom. The number of ether oxygens (including phenoxy) is 1. The van der Waals surface area contributed by atoms with Crippen LogP contribution in [-0.2, 0) is 0 Å². The van der Waals surface area contributed by atoms with Crippen molar-refractivity contribution in [1.82, 2.24) is 4.98 Å². The second-order valence-electron chi connectivity index (χ2n) is 6.29. The number of nitrogens with zero attached hydrogens (tertiary/aromatic N) is 1. The molecule has 0 aliphatic heterocycles. The smallest absolute Gasteiger partial charge is 0.257 e. The molecule has 7 heteroatoms. The Morgan fingerprint density at radius 1 is 1.14 bits per heavy atom. The SMILES string of the molecule is CCOc1ccccc1NC(=O)c1c(-c2ccc(F)cc2)sc2nc(N)ccc12. The molecule has 2 heterocycles. The van der Waals surface area contributed by atoms with E-state index in [9.17, 15) is 9.18 Å². The van der Waals surface area contributed by atoms with Gasteiger partial charge in [0.1, 0.15) is 22.2 Å². The van der Waals surface area contributed by atoms with Gasteiger partial charge in [-0.05, 0) is 48.9 Å². The number of nitrogens with two attached hydrogens (primary N) is 1. The average molecular weight is 407 g/mol. The molecule has 4 aromatic rings. The van der Waals surface area contributed by atoms with Crippen molar-refractivity contribution in [2.75, 3.05) is 17.7 Å². The van der Waals surface area contributed by atoms with Gasteiger partial charge in [0, 0.05) is 10.3 Å². The zero-order valence-corrected chi connectivity index (χ0v) is 16.4. The third-order valence-corrected chi connectivity index (χ3v) is 5.49. The van der Waals surface area contributed by atoms with Crippen LogP contribution in [0.25, 0.3) is 20.7 Å². The molecule has 0 fully saturated rings. The molecule has 0 aliphatic carbocycles. The van der Waals surface area contributed by atoms with Gasteiger partial charge < -0.3 is 15.8 Å². The minimum Gasteiger partial charge on any atom is -0.492 e. The van der Waals surface area contributed by atoms with Crippen molar-refractivity contribution in [3.63, 3.8) is 0 Å². The van der Waals surface area contributed by atoms with E-state index in [0.717, 1.165) is 5.56 Å². The Bertz CT molecular complexity index is 1190. The minimum atomic E-state index is -0.339. The van der Waals surface area contributed by atoms with Gasteiger partial charge in [-0.2, -0.15) is 0 Å². The van der Waals surface area contributed by atoms with Crippen LogP contribution < -0.4 is 15.8 Å². The first kappa shape index (κ1) is 18.9. The number of nitrogen functional groups attached to an aromatic ring is 1. The van der Waals surface area contributed by atoms with Crippen molar-refractivity contribution in [3.05, 3.63) is 72.0 Å². The number of halogens is 1. The third-order valence-electron chi connectivity index (χ3n) is 4.35. The number of thiophene rings is 1. The van der Waals surface area contributed by atoms with Gasteiger partial charge in [0.25, 0.3) is 5.91 Å². The molecule has 0 spiro atoms. The number of aromatic nitrogens is 1. The highest BCUT2D eigenvalue weighted by Crippen LogP contribution is 2.39. The van der Waals surface area contributed by atoms with Gasteiger partial charge in [-0.15, -0.1) is 11.3 Å². The van der Waals surface area contributed by atoms with E-state index in [1.165, 1.54) is 23.5 Å². The van der Waals surface area contributed by atoms with E-state index in [0.29, 0.717) is 44.5 Å². The Balaban J connectivity index is 1.82. The van der Waals surface area contributed by atoms with Gasteiger partial charge in [-0.25, -0.2) is 9.37 Å². The van der Waals surface area contributed by atoms with Crippen LogP contribution in [0.3, 0.4) is 0 Å². The summed E-state index contributed by atoms with van der Waals surface area (Å²) in [7, 11) is 0. The Labute approximate surface area is 171 Å². The van der Waals surface area contributed by atoms with Crippen LogP contribution >= 0.6 is 11.3 Å². The van der Waals surface area contributed by atoms with Crippen molar-refractivity contribution in [3.8, 4) is 16.2 Å². The number of carbonyl (C=O) groups excluding carboxylic acids is 1. The molecule has 146 valence electrons. The Hall–Kier alpha value is -3.45. The number of hydrogen-bond acceptors (Lipinski definition) is 5. The second-order valence-corrected chi connectivity index (χ2v) is 7.28. The molecule has 29 heavy (non-hydrogen) atoms. The standard InChI is InChI=1S/C22H18FN3O2S/c1-2-28-17-6-4-3-5-16(17)25-21(27)19-15-11-12-18(24)26-22(15)29-20(19)13-7-9-14(23)10-8-13/h3-12H,2H2,1H3,(H2,24,26)(H,25,27). The number of hydrogen-bond donors (Lipinski definition) is 2. The van der Waals surface area contributed by atoms with Crippen LogP contribution in [0.1, 0.15) is 17.3 Å².